The summed E-state index contributed by atoms with van der Waals surface area (Å²) >= 11 is 1.38. The Hall–Kier alpha value is -0.480. The fourth-order valence-electron chi connectivity index (χ4n) is 0.565. The zero-order valence-corrected chi connectivity index (χ0v) is 7.20. The van der Waals surface area contributed by atoms with E-state index in [1.807, 2.05) is 12.4 Å². The van der Waals surface area contributed by atoms with Gasteiger partial charge in [0.2, 0.25) is 0 Å². The van der Waals surface area contributed by atoms with Gasteiger partial charge in [0, 0.05) is 5.38 Å². The van der Waals surface area contributed by atoms with Crippen LogP contribution in [-0.2, 0) is 5.54 Å². The first-order valence-corrected chi connectivity index (χ1v) is 3.97. The maximum Gasteiger partial charge on any atom is 0.0950 e. The summed E-state index contributed by atoms with van der Waals surface area (Å²) in [6.45, 7) is 4.15. The molecule has 1 aromatic heterocycles. The van der Waals surface area contributed by atoms with Gasteiger partial charge in [-0.3, -0.25) is 0 Å². The molecular formula is C6H11N3S. The third-order valence-electron chi connectivity index (χ3n) is 1.63. The zero-order chi connectivity index (χ0) is 7.61. The number of nitrogens with one attached hydrogen (secondary N) is 1. The minimum absolute atomic E-state index is 0.0486. The highest BCUT2D eigenvalue weighted by molar-refractivity contribution is 7.03. The van der Waals surface area contributed by atoms with Gasteiger partial charge < -0.3 is 5.32 Å². The molecule has 0 fully saturated rings. The Balaban J connectivity index is 2.85. The summed E-state index contributed by atoms with van der Waals surface area (Å²) in [5.74, 6) is 0. The van der Waals surface area contributed by atoms with Crippen molar-refractivity contribution in [3.05, 3.63) is 11.1 Å². The van der Waals surface area contributed by atoms with E-state index < -0.39 is 0 Å². The first-order chi connectivity index (χ1) is 4.67. The van der Waals surface area contributed by atoms with Gasteiger partial charge in [0.1, 0.15) is 0 Å². The molecule has 0 saturated carbocycles. The van der Waals surface area contributed by atoms with Crippen LogP contribution in [0.2, 0.25) is 0 Å². The molecule has 3 nitrogen and oxygen atoms in total. The van der Waals surface area contributed by atoms with E-state index in [0.717, 1.165) is 5.69 Å². The molecule has 1 aromatic rings. The van der Waals surface area contributed by atoms with Crippen LogP contribution in [0.25, 0.3) is 0 Å². The number of hydrogen-bond acceptors (Lipinski definition) is 4. The lowest BCUT2D eigenvalue weighted by Crippen LogP contribution is -2.33. The van der Waals surface area contributed by atoms with Gasteiger partial charge in [-0.15, -0.1) is 5.10 Å². The summed E-state index contributed by atoms with van der Waals surface area (Å²) in [7, 11) is 1.92. The van der Waals surface area contributed by atoms with E-state index in [-0.39, 0.29) is 5.54 Å². The maximum absolute atomic E-state index is 3.96. The van der Waals surface area contributed by atoms with Crippen molar-refractivity contribution >= 4 is 11.5 Å². The predicted octanol–water partition coefficient (Wildman–Crippen LogP) is 0.993. The van der Waals surface area contributed by atoms with Crippen molar-refractivity contribution in [1.29, 1.82) is 0 Å². The average Bonchev–Trinajstić information content (AvgIpc) is 2.38. The highest BCUT2D eigenvalue weighted by atomic mass is 32.1. The third kappa shape index (κ3) is 1.33. The lowest BCUT2D eigenvalue weighted by molar-refractivity contribution is 0.430. The van der Waals surface area contributed by atoms with Gasteiger partial charge >= 0.3 is 0 Å². The van der Waals surface area contributed by atoms with E-state index in [0.29, 0.717) is 0 Å². The van der Waals surface area contributed by atoms with E-state index in [9.17, 15) is 0 Å². The van der Waals surface area contributed by atoms with E-state index >= 15 is 0 Å². The van der Waals surface area contributed by atoms with Gasteiger partial charge in [-0.2, -0.15) is 0 Å². The van der Waals surface area contributed by atoms with Gasteiger partial charge in [0.15, 0.2) is 0 Å². The van der Waals surface area contributed by atoms with Crippen molar-refractivity contribution in [3.8, 4) is 0 Å². The molecule has 56 valence electrons. The van der Waals surface area contributed by atoms with Gasteiger partial charge in [-0.1, -0.05) is 4.49 Å². The molecule has 0 bridgehead atoms. The first-order valence-electron chi connectivity index (χ1n) is 3.13. The van der Waals surface area contributed by atoms with Crippen LogP contribution in [0.5, 0.6) is 0 Å². The highest BCUT2D eigenvalue weighted by Crippen LogP contribution is 2.16. The molecule has 0 amide bonds. The van der Waals surface area contributed by atoms with Gasteiger partial charge in [-0.25, -0.2) is 0 Å². The molecule has 1 heterocycles. The molecule has 0 unspecified atom stereocenters. The van der Waals surface area contributed by atoms with E-state index in [1.165, 1.54) is 11.5 Å². The minimum atomic E-state index is -0.0486. The van der Waals surface area contributed by atoms with Crippen molar-refractivity contribution in [2.75, 3.05) is 7.05 Å². The Morgan fingerprint density at radius 1 is 1.60 bits per heavy atom. The summed E-state index contributed by atoms with van der Waals surface area (Å²) in [5, 5.41) is 9.07. The molecular weight excluding hydrogens is 146 g/mol. The van der Waals surface area contributed by atoms with Crippen molar-refractivity contribution in [3.63, 3.8) is 0 Å². The molecule has 4 heteroatoms. The highest BCUT2D eigenvalue weighted by Gasteiger charge is 2.19. The second-order valence-electron chi connectivity index (χ2n) is 2.67. The molecule has 1 rings (SSSR count). The van der Waals surface area contributed by atoms with Crippen LogP contribution in [0.15, 0.2) is 5.38 Å². The maximum atomic E-state index is 3.96. The Morgan fingerprint density at radius 3 is 2.70 bits per heavy atom. The lowest BCUT2D eigenvalue weighted by atomic mass is 10.0. The molecule has 0 radical (unpaired) electrons. The monoisotopic (exact) mass is 157 g/mol. The lowest BCUT2D eigenvalue weighted by Gasteiger charge is -2.20. The topological polar surface area (TPSA) is 37.8 Å². The molecule has 0 atom stereocenters. The quantitative estimate of drug-likeness (QED) is 0.695. The van der Waals surface area contributed by atoms with Crippen LogP contribution in [-0.4, -0.2) is 16.6 Å². The molecule has 0 aliphatic rings. The van der Waals surface area contributed by atoms with Gasteiger partial charge in [0.25, 0.3) is 0 Å². The summed E-state index contributed by atoms with van der Waals surface area (Å²) < 4.78 is 3.79. The fraction of sp³-hybridized carbons (Fsp3) is 0.667. The third-order valence-corrected chi connectivity index (χ3v) is 2.13. The van der Waals surface area contributed by atoms with Crippen molar-refractivity contribution in [2.45, 2.75) is 19.4 Å². The van der Waals surface area contributed by atoms with Crippen LogP contribution in [0, 0.1) is 0 Å². The van der Waals surface area contributed by atoms with Crippen molar-refractivity contribution in [2.24, 2.45) is 0 Å². The fourth-order valence-corrected chi connectivity index (χ4v) is 1.19. The van der Waals surface area contributed by atoms with E-state index in [1.54, 1.807) is 0 Å². The van der Waals surface area contributed by atoms with Crippen LogP contribution >= 0.6 is 11.5 Å². The summed E-state index contributed by atoms with van der Waals surface area (Å²) in [4.78, 5) is 0. The molecule has 0 aromatic carbocycles. The van der Waals surface area contributed by atoms with E-state index in [2.05, 4.69) is 28.8 Å². The van der Waals surface area contributed by atoms with Crippen molar-refractivity contribution in [1.82, 2.24) is 14.9 Å². The molecule has 0 spiro atoms. The summed E-state index contributed by atoms with van der Waals surface area (Å²) in [6, 6.07) is 0. The Kier molecular flexibility index (Phi) is 2.01. The molecule has 0 aliphatic heterocycles. The summed E-state index contributed by atoms with van der Waals surface area (Å²) in [5.41, 5.74) is 0.951. The Morgan fingerprint density at radius 2 is 2.30 bits per heavy atom. The predicted molar refractivity (Wildman–Crippen MR) is 42.0 cm³/mol. The van der Waals surface area contributed by atoms with Crippen molar-refractivity contribution < 1.29 is 0 Å². The SMILES string of the molecule is CNC(C)(C)c1csnn1. The molecule has 0 saturated heterocycles. The van der Waals surface area contributed by atoms with Gasteiger partial charge in [-0.05, 0) is 32.4 Å². The number of aromatic nitrogens is 2. The molecule has 0 aliphatic carbocycles. The number of nitrogens with zero attached hydrogens (tertiary/aromatic N) is 2. The van der Waals surface area contributed by atoms with Crippen LogP contribution in [0.3, 0.4) is 0 Å². The average molecular weight is 157 g/mol. The zero-order valence-electron chi connectivity index (χ0n) is 6.38. The smallest absolute Gasteiger partial charge is 0.0950 e. The Labute approximate surface area is 64.6 Å². The Bertz CT molecular complexity index is 193. The number of hydrogen-bond donors (Lipinski definition) is 1. The summed E-state index contributed by atoms with van der Waals surface area (Å²) in [6.07, 6.45) is 0. The second-order valence-corrected chi connectivity index (χ2v) is 3.27. The first kappa shape index (κ1) is 7.63. The minimum Gasteiger partial charge on any atom is -0.310 e. The van der Waals surface area contributed by atoms with Crippen LogP contribution in [0.4, 0.5) is 0 Å². The van der Waals surface area contributed by atoms with Gasteiger partial charge in [0.05, 0.1) is 11.2 Å². The molecule has 1 N–H and O–H groups in total. The van der Waals surface area contributed by atoms with E-state index in [4.69, 9.17) is 0 Å². The van der Waals surface area contributed by atoms with Crippen LogP contribution in [0.1, 0.15) is 19.5 Å². The second kappa shape index (κ2) is 2.64. The molecule has 10 heavy (non-hydrogen) atoms. The largest absolute Gasteiger partial charge is 0.310 e. The normalized spacial score (nSPS) is 11.9. The number of rotatable bonds is 2. The standard InChI is InChI=1S/C6H11N3S/c1-6(2,7-3)5-4-10-9-8-5/h4,7H,1-3H3. The van der Waals surface area contributed by atoms with Crippen LogP contribution < -0.4 is 5.32 Å².